The Balaban J connectivity index is 2.04. The van der Waals surface area contributed by atoms with Crippen molar-refractivity contribution in [3.63, 3.8) is 0 Å². The van der Waals surface area contributed by atoms with E-state index < -0.39 is 34.2 Å². The molecule has 2 aromatic carbocycles. The van der Waals surface area contributed by atoms with Crippen LogP contribution in [-0.2, 0) is 11.0 Å². The summed E-state index contributed by atoms with van der Waals surface area (Å²) in [6.07, 6.45) is -2.44. The number of ether oxygens (including phenoxy) is 1. The third-order valence-electron chi connectivity index (χ3n) is 3.78. The molecule has 30 heavy (non-hydrogen) atoms. The van der Waals surface area contributed by atoms with Crippen LogP contribution in [0, 0.1) is 5.82 Å². The van der Waals surface area contributed by atoms with Crippen LogP contribution < -0.4 is 10.1 Å². The molecular formula is C19H10BrClF4N2O3. The number of ketones is 1. The van der Waals surface area contributed by atoms with Gasteiger partial charge in [0.05, 0.1) is 26.3 Å². The Kier molecular flexibility index (Phi) is 6.27. The van der Waals surface area contributed by atoms with Crippen molar-refractivity contribution in [2.75, 3.05) is 6.54 Å². The van der Waals surface area contributed by atoms with Gasteiger partial charge in [0.25, 0.3) is 5.91 Å². The van der Waals surface area contributed by atoms with Gasteiger partial charge in [0.15, 0.2) is 5.78 Å². The summed E-state index contributed by atoms with van der Waals surface area (Å²) < 4.78 is 58.7. The zero-order chi connectivity index (χ0) is 22.1. The first-order chi connectivity index (χ1) is 14.0. The lowest BCUT2D eigenvalue weighted by Crippen LogP contribution is -2.27. The normalized spacial score (nSPS) is 13.8. The number of hydrogen-bond acceptors (Lipinski definition) is 4. The van der Waals surface area contributed by atoms with Crippen LogP contribution in [0.3, 0.4) is 0 Å². The number of alkyl halides is 3. The van der Waals surface area contributed by atoms with E-state index in [0.29, 0.717) is 6.07 Å². The molecule has 0 aromatic heterocycles. The van der Waals surface area contributed by atoms with Gasteiger partial charge in [0.1, 0.15) is 23.9 Å². The number of aliphatic imine (C=N–C) groups is 1. The lowest BCUT2D eigenvalue weighted by molar-refractivity contribution is -0.137. The van der Waals surface area contributed by atoms with Gasteiger partial charge in [-0.2, -0.15) is 13.2 Å². The van der Waals surface area contributed by atoms with E-state index in [1.165, 1.54) is 12.3 Å². The third-order valence-corrected chi connectivity index (χ3v) is 4.72. The topological polar surface area (TPSA) is 67.8 Å². The zero-order valence-corrected chi connectivity index (χ0v) is 17.0. The van der Waals surface area contributed by atoms with E-state index in [2.05, 4.69) is 26.2 Å². The average Bonchev–Trinajstić information content (AvgIpc) is 2.64. The Bertz CT molecular complexity index is 1100. The van der Waals surface area contributed by atoms with Crippen molar-refractivity contribution in [1.82, 2.24) is 5.32 Å². The minimum atomic E-state index is -4.81. The number of dihydropyridines is 1. The van der Waals surface area contributed by atoms with Crippen molar-refractivity contribution in [2.24, 2.45) is 4.99 Å². The molecule has 0 saturated heterocycles. The summed E-state index contributed by atoms with van der Waals surface area (Å²) in [5.41, 5.74) is -1.50. The number of carbonyl (C=O) groups excluding carboxylic acids is 2. The van der Waals surface area contributed by atoms with Crippen LogP contribution >= 0.6 is 27.5 Å². The Morgan fingerprint density at radius 1 is 1.20 bits per heavy atom. The van der Waals surface area contributed by atoms with Gasteiger partial charge in [-0.1, -0.05) is 11.6 Å². The SMILES string of the molecule is O=C1C=C(NC(=O)c2cc(Cl)c(C(F)(F)F)cc2Oc2ccc(F)cc2Br)C=NC1. The highest BCUT2D eigenvalue weighted by Crippen LogP contribution is 2.41. The third kappa shape index (κ3) is 5.06. The van der Waals surface area contributed by atoms with Crippen LogP contribution in [0.1, 0.15) is 15.9 Å². The minimum absolute atomic E-state index is 0.0329. The predicted octanol–water partition coefficient (Wildman–Crippen LogP) is 5.32. The second-order valence-corrected chi connectivity index (χ2v) is 7.25. The summed E-state index contributed by atoms with van der Waals surface area (Å²) in [4.78, 5) is 27.8. The van der Waals surface area contributed by atoms with Gasteiger partial charge in [0, 0.05) is 12.3 Å². The predicted molar refractivity (Wildman–Crippen MR) is 105 cm³/mol. The lowest BCUT2D eigenvalue weighted by atomic mass is 10.1. The van der Waals surface area contributed by atoms with Gasteiger partial charge in [-0.05, 0) is 46.3 Å². The number of benzene rings is 2. The van der Waals surface area contributed by atoms with E-state index in [0.717, 1.165) is 24.3 Å². The van der Waals surface area contributed by atoms with Gasteiger partial charge in [-0.3, -0.25) is 14.6 Å². The summed E-state index contributed by atoms with van der Waals surface area (Å²) in [6.45, 7) is -0.0710. The summed E-state index contributed by atoms with van der Waals surface area (Å²) in [7, 11) is 0. The van der Waals surface area contributed by atoms with Crippen molar-refractivity contribution in [2.45, 2.75) is 6.18 Å². The molecule has 0 bridgehead atoms. The van der Waals surface area contributed by atoms with Crippen LogP contribution in [0.4, 0.5) is 17.6 Å². The van der Waals surface area contributed by atoms with Crippen LogP contribution in [0.25, 0.3) is 0 Å². The van der Waals surface area contributed by atoms with E-state index in [1.54, 1.807) is 0 Å². The molecule has 0 atom stereocenters. The van der Waals surface area contributed by atoms with Gasteiger partial charge in [0.2, 0.25) is 0 Å². The Hall–Kier alpha value is -2.72. The molecule has 5 nitrogen and oxygen atoms in total. The molecule has 1 amide bonds. The smallest absolute Gasteiger partial charge is 0.417 e. The molecule has 1 N–H and O–H groups in total. The molecule has 3 rings (SSSR count). The fourth-order valence-electron chi connectivity index (χ4n) is 2.47. The molecule has 0 fully saturated rings. The molecule has 156 valence electrons. The van der Waals surface area contributed by atoms with Gasteiger partial charge >= 0.3 is 6.18 Å². The number of carbonyl (C=O) groups is 2. The standard InChI is InChI=1S/C19H10BrClF4N2O3/c20-14-3-9(22)1-2-16(14)30-17-6-13(19(23,24)25)15(21)5-12(17)18(29)27-10-4-11(28)8-26-7-10/h1-7H,8H2,(H,27,29). The molecule has 0 radical (unpaired) electrons. The second kappa shape index (κ2) is 8.57. The maximum atomic E-state index is 13.3. The van der Waals surface area contributed by atoms with E-state index in [4.69, 9.17) is 16.3 Å². The largest absolute Gasteiger partial charge is 0.455 e. The van der Waals surface area contributed by atoms with Crippen LogP contribution in [-0.4, -0.2) is 24.4 Å². The van der Waals surface area contributed by atoms with E-state index in [9.17, 15) is 27.2 Å². The number of nitrogens with zero attached hydrogens (tertiary/aromatic N) is 1. The molecule has 2 aromatic rings. The molecule has 1 heterocycles. The monoisotopic (exact) mass is 504 g/mol. The zero-order valence-electron chi connectivity index (χ0n) is 14.7. The highest BCUT2D eigenvalue weighted by atomic mass is 79.9. The average molecular weight is 506 g/mol. The first kappa shape index (κ1) is 22.0. The van der Waals surface area contributed by atoms with E-state index in [-0.39, 0.29) is 33.8 Å². The first-order valence-electron chi connectivity index (χ1n) is 8.14. The molecular weight excluding hydrogens is 496 g/mol. The number of allylic oxidation sites excluding steroid dienone is 1. The summed E-state index contributed by atoms with van der Waals surface area (Å²) in [5.74, 6) is -2.35. The fraction of sp³-hybridized carbons (Fsp3) is 0.105. The van der Waals surface area contributed by atoms with Crippen molar-refractivity contribution in [3.8, 4) is 11.5 Å². The van der Waals surface area contributed by atoms with Crippen molar-refractivity contribution < 1.29 is 31.9 Å². The minimum Gasteiger partial charge on any atom is -0.455 e. The van der Waals surface area contributed by atoms with Crippen LogP contribution in [0.2, 0.25) is 5.02 Å². The Labute approximate surface area is 180 Å². The van der Waals surface area contributed by atoms with Gasteiger partial charge < -0.3 is 10.1 Å². The van der Waals surface area contributed by atoms with Gasteiger partial charge in [-0.15, -0.1) is 0 Å². The molecule has 0 unspecified atom stereocenters. The molecule has 0 aliphatic carbocycles. The highest BCUT2D eigenvalue weighted by Gasteiger charge is 2.35. The van der Waals surface area contributed by atoms with E-state index in [1.807, 2.05) is 0 Å². The van der Waals surface area contributed by atoms with Gasteiger partial charge in [-0.25, -0.2) is 4.39 Å². The number of amides is 1. The molecule has 1 aliphatic heterocycles. The first-order valence-corrected chi connectivity index (χ1v) is 9.31. The summed E-state index contributed by atoms with van der Waals surface area (Å²) in [5, 5.41) is 1.64. The lowest BCUT2D eigenvalue weighted by Gasteiger charge is -2.17. The van der Waals surface area contributed by atoms with Crippen molar-refractivity contribution >= 4 is 45.4 Å². The number of rotatable bonds is 4. The van der Waals surface area contributed by atoms with Crippen molar-refractivity contribution in [3.05, 3.63) is 68.5 Å². The van der Waals surface area contributed by atoms with Crippen molar-refractivity contribution in [1.29, 1.82) is 0 Å². The molecule has 0 spiro atoms. The highest BCUT2D eigenvalue weighted by molar-refractivity contribution is 9.10. The summed E-state index contributed by atoms with van der Waals surface area (Å²) in [6, 6.07) is 4.63. The maximum absolute atomic E-state index is 13.3. The Morgan fingerprint density at radius 3 is 2.57 bits per heavy atom. The summed E-state index contributed by atoms with van der Waals surface area (Å²) >= 11 is 8.79. The second-order valence-electron chi connectivity index (χ2n) is 5.99. The van der Waals surface area contributed by atoms with E-state index >= 15 is 0 Å². The number of hydrogen-bond donors (Lipinski definition) is 1. The number of nitrogens with one attached hydrogen (secondary N) is 1. The molecule has 11 heteroatoms. The van der Waals surface area contributed by atoms with Crippen LogP contribution in [0.15, 0.2) is 51.6 Å². The quantitative estimate of drug-likeness (QED) is 0.572. The maximum Gasteiger partial charge on any atom is 0.417 e. The fourth-order valence-corrected chi connectivity index (χ4v) is 3.17. The Morgan fingerprint density at radius 2 is 1.93 bits per heavy atom. The molecule has 0 saturated carbocycles. The molecule has 1 aliphatic rings. The van der Waals surface area contributed by atoms with Crippen LogP contribution in [0.5, 0.6) is 11.5 Å². The number of halogens is 6.